The van der Waals surface area contributed by atoms with E-state index in [2.05, 4.69) is 9.88 Å². The standard InChI is InChI=1S/C15H14N2O3/c18-14(19)11-3-5-16-13-2-1-10(7-12(11)13)17-8-15(9-17)4-6-20-15/h1-3,5,7H,4,6,8-9H2,(H,18,19). The molecule has 1 N–H and O–H groups in total. The molecule has 2 aliphatic rings. The number of carboxylic acids is 1. The third-order valence-electron chi connectivity index (χ3n) is 4.24. The Morgan fingerprint density at radius 2 is 2.15 bits per heavy atom. The number of hydrogen-bond acceptors (Lipinski definition) is 4. The summed E-state index contributed by atoms with van der Waals surface area (Å²) < 4.78 is 5.61. The van der Waals surface area contributed by atoms with Crippen LogP contribution in [-0.2, 0) is 4.74 Å². The van der Waals surface area contributed by atoms with Crippen LogP contribution < -0.4 is 4.90 Å². The zero-order valence-electron chi connectivity index (χ0n) is 10.9. The molecule has 3 heterocycles. The fourth-order valence-electron chi connectivity index (χ4n) is 2.99. The first kappa shape index (κ1) is 11.7. The fraction of sp³-hybridized carbons (Fsp3) is 0.333. The number of fused-ring (bicyclic) bond motifs is 1. The van der Waals surface area contributed by atoms with Gasteiger partial charge in [-0.1, -0.05) is 0 Å². The van der Waals surface area contributed by atoms with Crippen LogP contribution in [0.25, 0.3) is 10.9 Å². The summed E-state index contributed by atoms with van der Waals surface area (Å²) in [7, 11) is 0. The van der Waals surface area contributed by atoms with Crippen molar-refractivity contribution < 1.29 is 14.6 Å². The average Bonchev–Trinajstić information content (AvgIpc) is 2.34. The lowest BCUT2D eigenvalue weighted by atomic mass is 9.85. The van der Waals surface area contributed by atoms with Crippen molar-refractivity contribution in [2.24, 2.45) is 0 Å². The Kier molecular flexibility index (Phi) is 2.29. The largest absolute Gasteiger partial charge is 0.478 e. The number of anilines is 1. The van der Waals surface area contributed by atoms with Gasteiger partial charge in [0.25, 0.3) is 0 Å². The molecular formula is C15H14N2O3. The molecule has 0 aliphatic carbocycles. The number of hydrogen-bond donors (Lipinski definition) is 1. The molecule has 102 valence electrons. The normalized spacial score (nSPS) is 19.7. The molecule has 2 fully saturated rings. The van der Waals surface area contributed by atoms with E-state index < -0.39 is 5.97 Å². The Balaban J connectivity index is 1.71. The van der Waals surface area contributed by atoms with Crippen LogP contribution in [0.15, 0.2) is 30.5 Å². The molecule has 0 radical (unpaired) electrons. The van der Waals surface area contributed by atoms with Crippen LogP contribution in [0.5, 0.6) is 0 Å². The zero-order chi connectivity index (χ0) is 13.7. The molecule has 0 unspecified atom stereocenters. The third-order valence-corrected chi connectivity index (χ3v) is 4.24. The van der Waals surface area contributed by atoms with E-state index in [1.54, 1.807) is 6.07 Å². The van der Waals surface area contributed by atoms with Crippen LogP contribution in [0.3, 0.4) is 0 Å². The maximum atomic E-state index is 11.3. The van der Waals surface area contributed by atoms with Crippen LogP contribution >= 0.6 is 0 Å². The summed E-state index contributed by atoms with van der Waals surface area (Å²) in [4.78, 5) is 17.7. The predicted octanol–water partition coefficient (Wildman–Crippen LogP) is 1.91. The van der Waals surface area contributed by atoms with Gasteiger partial charge in [0.1, 0.15) is 5.60 Å². The highest BCUT2D eigenvalue weighted by Crippen LogP contribution is 2.39. The number of pyridine rings is 1. The zero-order valence-corrected chi connectivity index (χ0v) is 10.9. The van der Waals surface area contributed by atoms with Crippen molar-refractivity contribution >= 4 is 22.6 Å². The lowest BCUT2D eigenvalue weighted by Crippen LogP contribution is -2.68. The quantitative estimate of drug-likeness (QED) is 0.903. The molecular weight excluding hydrogens is 256 g/mol. The van der Waals surface area contributed by atoms with E-state index in [1.807, 2.05) is 18.2 Å². The van der Waals surface area contributed by atoms with Gasteiger partial charge in [-0.3, -0.25) is 4.98 Å². The molecule has 0 amide bonds. The Hall–Kier alpha value is -2.14. The number of aromatic nitrogens is 1. The highest BCUT2D eigenvalue weighted by molar-refractivity contribution is 6.03. The Morgan fingerprint density at radius 1 is 1.35 bits per heavy atom. The van der Waals surface area contributed by atoms with Gasteiger partial charge in [0, 0.05) is 36.8 Å². The summed E-state index contributed by atoms with van der Waals surface area (Å²) >= 11 is 0. The molecule has 0 bridgehead atoms. The van der Waals surface area contributed by atoms with Crippen molar-refractivity contribution in [1.82, 2.24) is 4.98 Å². The second-order valence-corrected chi connectivity index (χ2v) is 5.50. The molecule has 0 saturated carbocycles. The molecule has 2 aliphatic heterocycles. The minimum atomic E-state index is -0.919. The average molecular weight is 270 g/mol. The minimum Gasteiger partial charge on any atom is -0.478 e. The monoisotopic (exact) mass is 270 g/mol. The van der Waals surface area contributed by atoms with Gasteiger partial charge in [0.2, 0.25) is 0 Å². The second-order valence-electron chi connectivity index (χ2n) is 5.50. The Morgan fingerprint density at radius 3 is 2.80 bits per heavy atom. The van der Waals surface area contributed by atoms with Gasteiger partial charge in [-0.2, -0.15) is 0 Å². The molecule has 4 rings (SSSR count). The summed E-state index contributed by atoms with van der Waals surface area (Å²) in [5.41, 5.74) is 2.12. The van der Waals surface area contributed by atoms with E-state index in [1.165, 1.54) is 6.20 Å². The molecule has 2 aromatic rings. The molecule has 20 heavy (non-hydrogen) atoms. The maximum absolute atomic E-state index is 11.3. The number of benzene rings is 1. The predicted molar refractivity (Wildman–Crippen MR) is 74.2 cm³/mol. The lowest BCUT2D eigenvalue weighted by Gasteiger charge is -2.56. The van der Waals surface area contributed by atoms with Crippen LogP contribution in [0, 0.1) is 0 Å². The van der Waals surface area contributed by atoms with E-state index in [4.69, 9.17) is 4.74 Å². The van der Waals surface area contributed by atoms with Crippen LogP contribution in [0.1, 0.15) is 16.8 Å². The molecule has 5 heteroatoms. The fourth-order valence-corrected chi connectivity index (χ4v) is 2.99. The SMILES string of the molecule is O=C(O)c1ccnc2ccc(N3CC4(CCO4)C3)cc12. The molecule has 5 nitrogen and oxygen atoms in total. The van der Waals surface area contributed by atoms with Crippen LogP contribution in [0.4, 0.5) is 5.69 Å². The lowest BCUT2D eigenvalue weighted by molar-refractivity contribution is -0.160. The molecule has 1 aromatic carbocycles. The highest BCUT2D eigenvalue weighted by Gasteiger charge is 2.49. The van der Waals surface area contributed by atoms with E-state index in [9.17, 15) is 9.90 Å². The summed E-state index contributed by atoms with van der Waals surface area (Å²) in [5.74, 6) is -0.919. The van der Waals surface area contributed by atoms with Gasteiger partial charge in [0.05, 0.1) is 17.7 Å². The van der Waals surface area contributed by atoms with Crippen molar-refractivity contribution in [3.8, 4) is 0 Å². The Bertz CT molecular complexity index is 701. The van der Waals surface area contributed by atoms with E-state index >= 15 is 0 Å². The summed E-state index contributed by atoms with van der Waals surface area (Å²) in [5, 5.41) is 9.94. The van der Waals surface area contributed by atoms with Crippen molar-refractivity contribution in [2.75, 3.05) is 24.6 Å². The number of ether oxygens (including phenoxy) is 1. The highest BCUT2D eigenvalue weighted by atomic mass is 16.5. The smallest absolute Gasteiger partial charge is 0.336 e. The van der Waals surface area contributed by atoms with E-state index in [0.29, 0.717) is 16.5 Å². The summed E-state index contributed by atoms with van der Waals surface area (Å²) in [6.07, 6.45) is 2.66. The van der Waals surface area contributed by atoms with Crippen molar-refractivity contribution in [2.45, 2.75) is 12.0 Å². The third kappa shape index (κ3) is 1.59. The molecule has 2 saturated heterocycles. The van der Waals surface area contributed by atoms with E-state index in [0.717, 1.165) is 31.8 Å². The second kappa shape index (κ2) is 3.93. The van der Waals surface area contributed by atoms with Gasteiger partial charge < -0.3 is 14.7 Å². The van der Waals surface area contributed by atoms with Gasteiger partial charge in [-0.25, -0.2) is 4.79 Å². The summed E-state index contributed by atoms with van der Waals surface area (Å²) in [6, 6.07) is 7.33. The molecule has 1 spiro atoms. The molecule has 0 atom stereocenters. The summed E-state index contributed by atoms with van der Waals surface area (Å²) in [6.45, 7) is 2.64. The van der Waals surface area contributed by atoms with Gasteiger partial charge in [-0.15, -0.1) is 0 Å². The van der Waals surface area contributed by atoms with Crippen molar-refractivity contribution in [3.05, 3.63) is 36.0 Å². The van der Waals surface area contributed by atoms with Gasteiger partial charge >= 0.3 is 5.97 Å². The number of carbonyl (C=O) groups is 1. The van der Waals surface area contributed by atoms with Crippen molar-refractivity contribution in [1.29, 1.82) is 0 Å². The number of rotatable bonds is 2. The number of nitrogens with zero attached hydrogens (tertiary/aromatic N) is 2. The maximum Gasteiger partial charge on any atom is 0.336 e. The topological polar surface area (TPSA) is 62.7 Å². The van der Waals surface area contributed by atoms with Crippen molar-refractivity contribution in [3.63, 3.8) is 0 Å². The number of aromatic carboxylic acids is 1. The van der Waals surface area contributed by atoms with E-state index in [-0.39, 0.29) is 5.60 Å². The van der Waals surface area contributed by atoms with Crippen LogP contribution in [-0.4, -0.2) is 41.4 Å². The van der Waals surface area contributed by atoms with Gasteiger partial charge in [-0.05, 0) is 24.3 Å². The minimum absolute atomic E-state index is 0.0690. The van der Waals surface area contributed by atoms with Gasteiger partial charge in [0.15, 0.2) is 0 Å². The molecule has 1 aromatic heterocycles. The first-order chi connectivity index (χ1) is 9.67. The number of carboxylic acid groups (broad SMARTS) is 1. The Labute approximate surface area is 115 Å². The first-order valence-electron chi connectivity index (χ1n) is 6.68. The first-order valence-corrected chi connectivity index (χ1v) is 6.68. The van der Waals surface area contributed by atoms with Crippen LogP contribution in [0.2, 0.25) is 0 Å².